The van der Waals surface area contributed by atoms with E-state index in [0.717, 1.165) is 29.4 Å². The van der Waals surface area contributed by atoms with E-state index in [4.69, 9.17) is 9.94 Å². The maximum absolute atomic E-state index is 10.9. The molecule has 1 N–H and O–H groups in total. The fourth-order valence-corrected chi connectivity index (χ4v) is 5.19. The van der Waals surface area contributed by atoms with Gasteiger partial charge in [0.25, 0.3) is 0 Å². The highest BCUT2D eigenvalue weighted by atomic mass is 16.7. The number of oxime groups is 1. The summed E-state index contributed by atoms with van der Waals surface area (Å²) in [7, 11) is 0. The van der Waals surface area contributed by atoms with Crippen molar-refractivity contribution >= 4 is 11.7 Å². The molecule has 98 valence electrons. The summed E-state index contributed by atoms with van der Waals surface area (Å²) in [6, 6.07) is 0. The van der Waals surface area contributed by atoms with Crippen LogP contribution in [0.2, 0.25) is 0 Å². The number of hydrogen-bond acceptors (Lipinski definition) is 3. The van der Waals surface area contributed by atoms with Gasteiger partial charge in [0.15, 0.2) is 0 Å². The third kappa shape index (κ3) is 1.50. The van der Waals surface area contributed by atoms with Gasteiger partial charge in [-0.15, -0.1) is 0 Å². The molecule has 1 atom stereocenters. The van der Waals surface area contributed by atoms with Crippen LogP contribution < -0.4 is 0 Å². The van der Waals surface area contributed by atoms with Crippen LogP contribution in [-0.2, 0) is 9.63 Å². The third-order valence-electron chi connectivity index (χ3n) is 5.58. The van der Waals surface area contributed by atoms with Crippen LogP contribution in [0.3, 0.4) is 0 Å². The van der Waals surface area contributed by atoms with Gasteiger partial charge in [0.2, 0.25) is 6.10 Å². The Morgan fingerprint density at radius 3 is 2.22 bits per heavy atom. The fraction of sp³-hybridized carbons (Fsp3) is 0.857. The van der Waals surface area contributed by atoms with Crippen LogP contribution >= 0.6 is 0 Å². The number of carbonyl (C=O) groups is 1. The highest BCUT2D eigenvalue weighted by Gasteiger charge is 2.51. The van der Waals surface area contributed by atoms with Gasteiger partial charge < -0.3 is 9.94 Å². The molecular weight excluding hydrogens is 230 g/mol. The van der Waals surface area contributed by atoms with Crippen molar-refractivity contribution in [1.82, 2.24) is 0 Å². The summed E-state index contributed by atoms with van der Waals surface area (Å²) in [6.45, 7) is 0. The zero-order valence-corrected chi connectivity index (χ0v) is 10.4. The van der Waals surface area contributed by atoms with Gasteiger partial charge in [-0.3, -0.25) is 0 Å². The molecule has 0 radical (unpaired) electrons. The molecule has 0 amide bonds. The normalized spacial score (nSPS) is 49.0. The lowest BCUT2D eigenvalue weighted by Gasteiger charge is -2.54. The molecule has 4 heteroatoms. The van der Waals surface area contributed by atoms with Crippen molar-refractivity contribution in [2.75, 3.05) is 0 Å². The minimum atomic E-state index is -0.877. The number of aliphatic carboxylic acids is 1. The van der Waals surface area contributed by atoms with Gasteiger partial charge in [0.05, 0.1) is 5.71 Å². The van der Waals surface area contributed by atoms with Gasteiger partial charge in [0.1, 0.15) is 0 Å². The Labute approximate surface area is 106 Å². The van der Waals surface area contributed by atoms with Crippen molar-refractivity contribution in [2.24, 2.45) is 34.7 Å². The van der Waals surface area contributed by atoms with Crippen molar-refractivity contribution in [3.8, 4) is 0 Å². The Kier molecular flexibility index (Phi) is 2.24. The predicted molar refractivity (Wildman–Crippen MR) is 65.1 cm³/mol. The number of hydrogen-bond donors (Lipinski definition) is 1. The molecule has 5 rings (SSSR count). The van der Waals surface area contributed by atoms with E-state index < -0.39 is 12.1 Å². The third-order valence-corrected chi connectivity index (χ3v) is 5.58. The van der Waals surface area contributed by atoms with Gasteiger partial charge in [-0.2, -0.15) is 0 Å². The first kappa shape index (κ1) is 10.8. The van der Waals surface area contributed by atoms with E-state index in [1.807, 2.05) is 0 Å². The van der Waals surface area contributed by atoms with Crippen LogP contribution in [0.4, 0.5) is 0 Å². The van der Waals surface area contributed by atoms with Gasteiger partial charge in [0, 0.05) is 12.3 Å². The summed E-state index contributed by atoms with van der Waals surface area (Å²) in [6.07, 6.45) is 6.60. The smallest absolute Gasteiger partial charge is 0.348 e. The first-order chi connectivity index (χ1) is 8.70. The van der Waals surface area contributed by atoms with Crippen molar-refractivity contribution in [3.63, 3.8) is 0 Å². The van der Waals surface area contributed by atoms with Gasteiger partial charge in [-0.05, 0) is 55.8 Å². The van der Waals surface area contributed by atoms with E-state index >= 15 is 0 Å². The lowest BCUT2D eigenvalue weighted by Crippen LogP contribution is -2.48. The number of carboxylic acid groups (broad SMARTS) is 1. The first-order valence-corrected chi connectivity index (χ1v) is 7.16. The van der Waals surface area contributed by atoms with Gasteiger partial charge in [-0.25, -0.2) is 4.79 Å². The number of rotatable bonds is 2. The topological polar surface area (TPSA) is 58.9 Å². The summed E-state index contributed by atoms with van der Waals surface area (Å²) in [5.41, 5.74) is 1.05. The summed E-state index contributed by atoms with van der Waals surface area (Å²) in [5.74, 6) is 3.07. The minimum Gasteiger partial charge on any atom is -0.478 e. The molecule has 18 heavy (non-hydrogen) atoms. The molecule has 4 nitrogen and oxygen atoms in total. The molecule has 4 saturated carbocycles. The van der Waals surface area contributed by atoms with Crippen LogP contribution in [-0.4, -0.2) is 22.9 Å². The van der Waals surface area contributed by atoms with Crippen LogP contribution in [0.25, 0.3) is 0 Å². The average molecular weight is 249 g/mol. The molecule has 0 aromatic rings. The molecule has 1 heterocycles. The second-order valence-electron chi connectivity index (χ2n) is 6.68. The Hall–Kier alpha value is -1.06. The Bertz CT molecular complexity index is 389. The Balaban J connectivity index is 1.54. The molecule has 1 aliphatic heterocycles. The average Bonchev–Trinajstić information content (AvgIpc) is 2.77. The second kappa shape index (κ2) is 3.72. The Morgan fingerprint density at radius 2 is 1.72 bits per heavy atom. The van der Waals surface area contributed by atoms with E-state index in [-0.39, 0.29) is 0 Å². The molecule has 0 spiro atoms. The van der Waals surface area contributed by atoms with E-state index in [1.54, 1.807) is 0 Å². The summed E-state index contributed by atoms with van der Waals surface area (Å²) in [5, 5.41) is 13.1. The largest absolute Gasteiger partial charge is 0.478 e. The molecule has 4 bridgehead atoms. The van der Waals surface area contributed by atoms with Crippen LogP contribution in [0.15, 0.2) is 5.16 Å². The highest BCUT2D eigenvalue weighted by Crippen LogP contribution is 2.57. The van der Waals surface area contributed by atoms with Crippen LogP contribution in [0.5, 0.6) is 0 Å². The lowest BCUT2D eigenvalue weighted by molar-refractivity contribution is -0.148. The van der Waals surface area contributed by atoms with E-state index in [1.165, 1.54) is 32.1 Å². The van der Waals surface area contributed by atoms with E-state index in [0.29, 0.717) is 12.3 Å². The standard InChI is InChI=1S/C14H19NO3/c16-14(17)12-6-11(15-18-12)13-9-2-7-1-8(4-9)5-10(13)3-7/h7-10,12-13H,1-6H2,(H,16,17). The van der Waals surface area contributed by atoms with Crippen molar-refractivity contribution in [2.45, 2.75) is 44.6 Å². The summed E-state index contributed by atoms with van der Waals surface area (Å²) < 4.78 is 0. The van der Waals surface area contributed by atoms with E-state index in [9.17, 15) is 4.79 Å². The fourth-order valence-electron chi connectivity index (χ4n) is 5.19. The van der Waals surface area contributed by atoms with Crippen molar-refractivity contribution < 1.29 is 14.7 Å². The van der Waals surface area contributed by atoms with Crippen molar-refractivity contribution in [3.05, 3.63) is 0 Å². The molecule has 1 unspecified atom stereocenters. The van der Waals surface area contributed by atoms with Crippen molar-refractivity contribution in [1.29, 1.82) is 0 Å². The zero-order valence-electron chi connectivity index (χ0n) is 10.4. The first-order valence-electron chi connectivity index (χ1n) is 7.16. The number of nitrogens with zero attached hydrogens (tertiary/aromatic N) is 1. The summed E-state index contributed by atoms with van der Waals surface area (Å²) >= 11 is 0. The molecule has 4 aliphatic carbocycles. The minimum absolute atomic E-state index is 0.516. The molecule has 5 aliphatic rings. The predicted octanol–water partition coefficient (Wildman–Crippen LogP) is 2.29. The van der Waals surface area contributed by atoms with Gasteiger partial charge >= 0.3 is 5.97 Å². The monoisotopic (exact) mass is 249 g/mol. The second-order valence-corrected chi connectivity index (χ2v) is 6.68. The quantitative estimate of drug-likeness (QED) is 0.816. The molecule has 0 aromatic carbocycles. The zero-order chi connectivity index (χ0) is 12.3. The molecule has 4 fully saturated rings. The molecular formula is C14H19NO3. The highest BCUT2D eigenvalue weighted by molar-refractivity contribution is 5.92. The Morgan fingerprint density at radius 1 is 1.11 bits per heavy atom. The number of carboxylic acids is 1. The SMILES string of the molecule is O=C(O)C1CC(C2C3CC4CC(C3)CC2C4)=NO1. The van der Waals surface area contributed by atoms with E-state index in [2.05, 4.69) is 5.16 Å². The molecule has 0 saturated heterocycles. The maximum Gasteiger partial charge on any atom is 0.348 e. The maximum atomic E-state index is 10.9. The van der Waals surface area contributed by atoms with Gasteiger partial charge in [-0.1, -0.05) is 5.16 Å². The lowest BCUT2D eigenvalue weighted by atomic mass is 9.51. The van der Waals surface area contributed by atoms with Crippen LogP contribution in [0.1, 0.15) is 38.5 Å². The summed E-state index contributed by atoms with van der Waals surface area (Å²) in [4.78, 5) is 16.0. The molecule has 0 aromatic heterocycles. The van der Waals surface area contributed by atoms with Crippen LogP contribution in [0, 0.1) is 29.6 Å².